The predicted molar refractivity (Wildman–Crippen MR) is 127 cm³/mol. The number of allylic oxidation sites excluding steroid dienone is 3. The van der Waals surface area contributed by atoms with Gasteiger partial charge in [0.2, 0.25) is 0 Å². The van der Waals surface area contributed by atoms with Crippen LogP contribution in [0.2, 0.25) is 0 Å². The maximum atomic E-state index is 14.0. The molecule has 0 saturated heterocycles. The summed E-state index contributed by atoms with van der Waals surface area (Å²) in [6.45, 7) is 3.59. The second-order valence-corrected chi connectivity index (χ2v) is 8.00. The van der Waals surface area contributed by atoms with Crippen molar-refractivity contribution < 1.29 is 22.5 Å². The fourth-order valence-electron chi connectivity index (χ4n) is 2.65. The molecule has 1 unspecified atom stereocenters. The van der Waals surface area contributed by atoms with Crippen molar-refractivity contribution in [2.75, 3.05) is 6.26 Å². The Morgan fingerprint density at radius 1 is 1.09 bits per heavy atom. The zero-order valence-corrected chi connectivity index (χ0v) is 19.8. The average molecular weight is 491 g/mol. The van der Waals surface area contributed by atoms with E-state index < -0.39 is 44.7 Å². The zero-order chi connectivity index (χ0) is 24.7. The molecule has 0 aromatic heterocycles. The van der Waals surface area contributed by atoms with E-state index in [1.165, 1.54) is 12.1 Å². The van der Waals surface area contributed by atoms with Crippen molar-refractivity contribution in [3.63, 3.8) is 0 Å². The van der Waals surface area contributed by atoms with Crippen LogP contribution < -0.4 is 5.30 Å². The molecule has 0 N–H and O–H groups in total. The lowest BCUT2D eigenvalue weighted by molar-refractivity contribution is -0.385. The fourth-order valence-corrected chi connectivity index (χ4v) is 3.44. The number of halogens is 4. The highest BCUT2D eigenvalue weighted by molar-refractivity contribution is 8.02. The highest BCUT2D eigenvalue weighted by atomic mass is 32.2. The SMILES string of the molecule is C/C=C(\C=C/CC#Cc1cc([N+](=O)[O-])c(C#Cc2c(F)c(F)c(F)c(F)c2P)cc1C)SC. The van der Waals surface area contributed by atoms with Gasteiger partial charge in [0, 0.05) is 28.3 Å². The molecule has 0 heterocycles. The van der Waals surface area contributed by atoms with Crippen LogP contribution >= 0.6 is 21.0 Å². The number of nitro groups is 1. The molecule has 0 aliphatic carbocycles. The summed E-state index contributed by atoms with van der Waals surface area (Å²) in [5.74, 6) is 3.09. The van der Waals surface area contributed by atoms with Gasteiger partial charge in [-0.1, -0.05) is 41.9 Å². The van der Waals surface area contributed by atoms with E-state index in [9.17, 15) is 27.7 Å². The highest BCUT2D eigenvalue weighted by Gasteiger charge is 2.22. The van der Waals surface area contributed by atoms with Crippen LogP contribution in [0.15, 0.2) is 35.3 Å². The Bertz CT molecular complexity index is 1270. The number of nitro benzene ring substituents is 1. The molecule has 0 aliphatic rings. The summed E-state index contributed by atoms with van der Waals surface area (Å²) < 4.78 is 54.7. The molecule has 0 spiro atoms. The Labute approximate surface area is 195 Å². The molecular weight excluding hydrogens is 473 g/mol. The van der Waals surface area contributed by atoms with Gasteiger partial charge < -0.3 is 0 Å². The van der Waals surface area contributed by atoms with Crippen LogP contribution in [-0.2, 0) is 0 Å². The Morgan fingerprint density at radius 2 is 1.76 bits per heavy atom. The topological polar surface area (TPSA) is 43.1 Å². The summed E-state index contributed by atoms with van der Waals surface area (Å²) in [6.07, 6.45) is 8.15. The van der Waals surface area contributed by atoms with Gasteiger partial charge in [-0.3, -0.25) is 10.1 Å². The van der Waals surface area contributed by atoms with E-state index in [2.05, 4.69) is 23.7 Å². The maximum absolute atomic E-state index is 14.0. The van der Waals surface area contributed by atoms with Gasteiger partial charge in [0.15, 0.2) is 23.3 Å². The van der Waals surface area contributed by atoms with Gasteiger partial charge in [-0.15, -0.1) is 21.0 Å². The first-order chi connectivity index (χ1) is 15.6. The Hall–Kier alpha value is -3.06. The average Bonchev–Trinajstić information content (AvgIpc) is 2.79. The molecule has 0 saturated carbocycles. The summed E-state index contributed by atoms with van der Waals surface area (Å²) >= 11 is 1.59. The number of hydrogen-bond acceptors (Lipinski definition) is 3. The second-order valence-electron chi connectivity index (χ2n) is 6.54. The van der Waals surface area contributed by atoms with Crippen LogP contribution in [0.5, 0.6) is 0 Å². The van der Waals surface area contributed by atoms with E-state index in [1.54, 1.807) is 27.9 Å². The third-order valence-electron chi connectivity index (χ3n) is 4.41. The molecule has 0 fully saturated rings. The van der Waals surface area contributed by atoms with Gasteiger partial charge in [0.1, 0.15) is 5.56 Å². The van der Waals surface area contributed by atoms with Crippen LogP contribution in [0.4, 0.5) is 23.2 Å². The number of hydrogen-bond donors (Lipinski definition) is 0. The van der Waals surface area contributed by atoms with Gasteiger partial charge in [-0.2, -0.15) is 0 Å². The van der Waals surface area contributed by atoms with Crippen LogP contribution in [0, 0.1) is 64.0 Å². The first kappa shape index (κ1) is 26.2. The third kappa shape index (κ3) is 6.26. The van der Waals surface area contributed by atoms with Crippen molar-refractivity contribution in [2.45, 2.75) is 20.3 Å². The van der Waals surface area contributed by atoms with E-state index >= 15 is 0 Å². The van der Waals surface area contributed by atoms with E-state index in [-0.39, 0.29) is 5.56 Å². The van der Waals surface area contributed by atoms with Gasteiger partial charge in [-0.25, -0.2) is 17.6 Å². The third-order valence-corrected chi connectivity index (χ3v) is 5.80. The smallest absolute Gasteiger partial charge is 0.258 e. The molecule has 0 amide bonds. The quantitative estimate of drug-likeness (QED) is 0.0779. The Morgan fingerprint density at radius 3 is 2.36 bits per heavy atom. The van der Waals surface area contributed by atoms with E-state index in [4.69, 9.17) is 0 Å². The van der Waals surface area contributed by atoms with Crippen molar-refractivity contribution in [1.29, 1.82) is 0 Å². The standard InChI is InChI=1S/C24H18F4NO2PS/c1-4-17(33-3)9-7-5-6-8-15-13-19(29(30)31)16(12-14(15)2)10-11-18-20(25)21(26)22(27)23(28)24(18)32/h4,7,9,12-13H,5,32H2,1-3H3/b9-7-,17-4+. The summed E-state index contributed by atoms with van der Waals surface area (Å²) in [7, 11) is 1.75. The molecule has 2 rings (SSSR count). The van der Waals surface area contributed by atoms with Crippen molar-refractivity contribution in [1.82, 2.24) is 0 Å². The van der Waals surface area contributed by atoms with Crippen molar-refractivity contribution in [3.8, 4) is 23.7 Å². The predicted octanol–water partition coefficient (Wildman–Crippen LogP) is 5.92. The summed E-state index contributed by atoms with van der Waals surface area (Å²) in [4.78, 5) is 11.9. The van der Waals surface area contributed by atoms with Crippen molar-refractivity contribution in [3.05, 3.63) is 90.9 Å². The van der Waals surface area contributed by atoms with Crippen LogP contribution in [0.3, 0.4) is 0 Å². The van der Waals surface area contributed by atoms with Crippen LogP contribution in [-0.4, -0.2) is 11.2 Å². The second kappa shape index (κ2) is 11.7. The number of benzene rings is 2. The minimum Gasteiger partial charge on any atom is -0.258 e. The molecule has 0 radical (unpaired) electrons. The summed E-state index contributed by atoms with van der Waals surface area (Å²) in [5.41, 5.74) is -0.268. The molecule has 0 aliphatic heterocycles. The molecule has 1 atom stereocenters. The van der Waals surface area contributed by atoms with Crippen LogP contribution in [0.25, 0.3) is 0 Å². The van der Waals surface area contributed by atoms with E-state index in [0.717, 1.165) is 4.91 Å². The van der Waals surface area contributed by atoms with E-state index in [1.807, 2.05) is 31.4 Å². The molecule has 3 nitrogen and oxygen atoms in total. The lowest BCUT2D eigenvalue weighted by Gasteiger charge is -2.05. The molecule has 170 valence electrons. The van der Waals surface area contributed by atoms with Crippen molar-refractivity contribution >= 4 is 32.0 Å². The number of rotatable bonds is 4. The number of nitrogens with zero attached hydrogens (tertiary/aromatic N) is 1. The van der Waals surface area contributed by atoms with Gasteiger partial charge in [0.05, 0.1) is 10.5 Å². The minimum absolute atomic E-state index is 0.102. The molecule has 0 bridgehead atoms. The summed E-state index contributed by atoms with van der Waals surface area (Å²) in [5, 5.41) is 10.9. The minimum atomic E-state index is -2.01. The Balaban J connectivity index is 2.46. The normalized spacial score (nSPS) is 11.1. The van der Waals surface area contributed by atoms with Gasteiger partial charge in [-0.05, 0) is 31.7 Å². The first-order valence-corrected chi connectivity index (χ1v) is 11.2. The highest BCUT2D eigenvalue weighted by Crippen LogP contribution is 2.24. The zero-order valence-electron chi connectivity index (χ0n) is 17.9. The molecular formula is C24H18F4NO2PS. The van der Waals surface area contributed by atoms with Crippen LogP contribution in [0.1, 0.15) is 35.6 Å². The number of aryl methyl sites for hydroxylation is 1. The fraction of sp³-hybridized carbons (Fsp3) is 0.167. The largest absolute Gasteiger partial charge is 0.286 e. The first-order valence-electron chi connectivity index (χ1n) is 9.40. The maximum Gasteiger partial charge on any atom is 0.286 e. The lowest BCUT2D eigenvalue weighted by atomic mass is 10.0. The molecule has 33 heavy (non-hydrogen) atoms. The number of thioether (sulfide) groups is 1. The lowest BCUT2D eigenvalue weighted by Crippen LogP contribution is -2.13. The molecule has 2 aromatic carbocycles. The van der Waals surface area contributed by atoms with Gasteiger partial charge >= 0.3 is 0 Å². The monoisotopic (exact) mass is 491 g/mol. The van der Waals surface area contributed by atoms with Gasteiger partial charge in [0.25, 0.3) is 5.69 Å². The van der Waals surface area contributed by atoms with E-state index in [0.29, 0.717) is 17.5 Å². The Kier molecular flexibility index (Phi) is 9.29. The molecule has 2 aromatic rings. The van der Waals surface area contributed by atoms with Crippen molar-refractivity contribution in [2.24, 2.45) is 0 Å². The summed E-state index contributed by atoms with van der Waals surface area (Å²) in [6, 6.07) is 2.62. The molecule has 9 heteroatoms.